The Morgan fingerprint density at radius 1 is 0.971 bits per heavy atom. The van der Waals surface area contributed by atoms with E-state index in [0.29, 0.717) is 24.6 Å². The first-order valence-corrected chi connectivity index (χ1v) is 12.4. The van der Waals surface area contributed by atoms with E-state index in [9.17, 15) is 17.6 Å². The fourth-order valence-electron chi connectivity index (χ4n) is 4.03. The number of anilines is 1. The van der Waals surface area contributed by atoms with Crippen LogP contribution in [0.1, 0.15) is 29.6 Å². The van der Waals surface area contributed by atoms with Gasteiger partial charge in [-0.25, -0.2) is 22.8 Å². The van der Waals surface area contributed by atoms with Gasteiger partial charge in [-0.2, -0.15) is 4.31 Å². The van der Waals surface area contributed by atoms with E-state index in [1.165, 1.54) is 16.6 Å². The van der Waals surface area contributed by atoms with Crippen LogP contribution < -0.4 is 5.32 Å². The number of hydrogen-bond donors (Lipinski definition) is 1. The summed E-state index contributed by atoms with van der Waals surface area (Å²) < 4.78 is 43.4. The van der Waals surface area contributed by atoms with Gasteiger partial charge in [0.15, 0.2) is 0 Å². The Hall–Kier alpha value is -3.63. The lowest BCUT2D eigenvalue weighted by Gasteiger charge is -2.26. The number of imidazole rings is 1. The van der Waals surface area contributed by atoms with Crippen molar-refractivity contribution >= 4 is 32.7 Å². The SMILES string of the molecule is O=C(Nc1ccc(-n2cnc3ccccc32)nc1)c1ccc(F)c(S(=O)(=O)N2CCCCC2)c1. The molecular weight excluding hydrogens is 457 g/mol. The fourth-order valence-corrected chi connectivity index (χ4v) is 5.64. The standard InChI is InChI=1S/C24H22FN5O3S/c25-19-10-8-17(14-22(19)34(32,33)29-12-4-1-5-13-29)24(31)28-18-9-11-23(26-15-18)30-16-27-20-6-2-3-7-21(20)30/h2-3,6-11,14-16H,1,4-5,12-13H2,(H,28,31). The van der Waals surface area contributed by atoms with E-state index in [-0.39, 0.29) is 5.56 Å². The summed E-state index contributed by atoms with van der Waals surface area (Å²) in [4.78, 5) is 21.0. The van der Waals surface area contributed by atoms with Gasteiger partial charge in [0.1, 0.15) is 22.9 Å². The number of pyridine rings is 1. The monoisotopic (exact) mass is 479 g/mol. The quantitative estimate of drug-likeness (QED) is 0.467. The highest BCUT2D eigenvalue weighted by Gasteiger charge is 2.29. The van der Waals surface area contributed by atoms with Crippen molar-refractivity contribution in [3.05, 3.63) is 78.5 Å². The lowest BCUT2D eigenvalue weighted by atomic mass is 10.2. The number of nitrogens with zero attached hydrogens (tertiary/aromatic N) is 4. The van der Waals surface area contributed by atoms with Gasteiger partial charge in [0.25, 0.3) is 5.91 Å². The Bertz CT molecular complexity index is 1460. The number of carbonyl (C=O) groups is 1. The van der Waals surface area contributed by atoms with Crippen molar-refractivity contribution in [2.24, 2.45) is 0 Å². The molecule has 1 amide bonds. The van der Waals surface area contributed by atoms with E-state index in [2.05, 4.69) is 15.3 Å². The Morgan fingerprint density at radius 2 is 1.76 bits per heavy atom. The van der Waals surface area contributed by atoms with Crippen molar-refractivity contribution in [3.63, 3.8) is 0 Å². The number of halogens is 1. The minimum absolute atomic E-state index is 0.0432. The van der Waals surface area contributed by atoms with Crippen molar-refractivity contribution in [1.29, 1.82) is 0 Å². The summed E-state index contributed by atoms with van der Waals surface area (Å²) in [6.45, 7) is 0.699. The van der Waals surface area contributed by atoms with Gasteiger partial charge in [-0.05, 0) is 55.3 Å². The van der Waals surface area contributed by atoms with Crippen LogP contribution in [0.2, 0.25) is 0 Å². The molecule has 10 heteroatoms. The molecule has 2 aromatic carbocycles. The number of fused-ring (bicyclic) bond motifs is 1. The number of amides is 1. The summed E-state index contributed by atoms with van der Waals surface area (Å²) in [6, 6.07) is 14.4. The van der Waals surface area contributed by atoms with E-state index in [1.807, 2.05) is 28.8 Å². The third-order valence-corrected chi connectivity index (χ3v) is 7.75. The highest BCUT2D eigenvalue weighted by molar-refractivity contribution is 7.89. The number of hydrogen-bond acceptors (Lipinski definition) is 5. The maximum atomic E-state index is 14.4. The molecule has 2 aromatic heterocycles. The van der Waals surface area contributed by atoms with Gasteiger partial charge in [-0.15, -0.1) is 0 Å². The van der Waals surface area contributed by atoms with Crippen molar-refractivity contribution in [2.75, 3.05) is 18.4 Å². The van der Waals surface area contributed by atoms with Gasteiger partial charge in [0, 0.05) is 18.7 Å². The van der Waals surface area contributed by atoms with Crippen molar-refractivity contribution < 1.29 is 17.6 Å². The zero-order chi connectivity index (χ0) is 23.7. The fraction of sp³-hybridized carbons (Fsp3) is 0.208. The molecule has 0 unspecified atom stereocenters. The summed E-state index contributed by atoms with van der Waals surface area (Å²) in [5.41, 5.74) is 2.21. The molecule has 1 aliphatic rings. The molecule has 0 bridgehead atoms. The van der Waals surface area contributed by atoms with E-state index < -0.39 is 26.6 Å². The second-order valence-corrected chi connectivity index (χ2v) is 9.98. The molecule has 1 saturated heterocycles. The first-order valence-electron chi connectivity index (χ1n) is 10.9. The van der Waals surface area contributed by atoms with Gasteiger partial charge in [0.2, 0.25) is 10.0 Å². The molecule has 0 atom stereocenters. The Morgan fingerprint density at radius 3 is 2.53 bits per heavy atom. The third-order valence-electron chi connectivity index (χ3n) is 5.83. The summed E-state index contributed by atoms with van der Waals surface area (Å²) in [7, 11) is -4.01. The highest BCUT2D eigenvalue weighted by atomic mass is 32.2. The summed E-state index contributed by atoms with van der Waals surface area (Å²) in [6.07, 6.45) is 5.59. The van der Waals surface area contributed by atoms with E-state index in [0.717, 1.165) is 42.4 Å². The summed E-state index contributed by atoms with van der Waals surface area (Å²) in [5.74, 6) is -0.804. The molecule has 174 valence electrons. The molecule has 0 spiro atoms. The molecule has 3 heterocycles. The lowest BCUT2D eigenvalue weighted by molar-refractivity contribution is 0.102. The summed E-state index contributed by atoms with van der Waals surface area (Å²) in [5, 5.41) is 2.69. The molecule has 1 N–H and O–H groups in total. The topological polar surface area (TPSA) is 97.2 Å². The number of sulfonamides is 1. The Labute approximate surface area is 196 Å². The Balaban J connectivity index is 1.36. The smallest absolute Gasteiger partial charge is 0.255 e. The van der Waals surface area contributed by atoms with Crippen LogP contribution in [0.25, 0.3) is 16.9 Å². The molecule has 0 saturated carbocycles. The van der Waals surface area contributed by atoms with E-state index in [4.69, 9.17) is 0 Å². The molecule has 0 aliphatic carbocycles. The third kappa shape index (κ3) is 4.17. The van der Waals surface area contributed by atoms with Gasteiger partial charge in [0.05, 0.1) is 22.9 Å². The minimum atomic E-state index is -4.01. The lowest BCUT2D eigenvalue weighted by Crippen LogP contribution is -2.36. The minimum Gasteiger partial charge on any atom is -0.321 e. The van der Waals surface area contributed by atoms with E-state index >= 15 is 0 Å². The average molecular weight is 480 g/mol. The normalized spacial score (nSPS) is 14.9. The molecule has 5 rings (SSSR count). The number of carbonyl (C=O) groups excluding carboxylic acids is 1. The molecule has 4 aromatic rings. The van der Waals surface area contributed by atoms with Crippen LogP contribution in [0.4, 0.5) is 10.1 Å². The van der Waals surface area contributed by atoms with E-state index in [1.54, 1.807) is 18.5 Å². The van der Waals surface area contributed by atoms with Crippen LogP contribution in [-0.4, -0.2) is 46.3 Å². The van der Waals surface area contributed by atoms with Crippen LogP contribution in [0.5, 0.6) is 0 Å². The maximum absolute atomic E-state index is 14.4. The number of para-hydroxylation sites is 2. The second kappa shape index (κ2) is 8.96. The molecule has 1 fully saturated rings. The Kier molecular flexibility index (Phi) is 5.84. The number of nitrogens with one attached hydrogen (secondary N) is 1. The van der Waals surface area contributed by atoms with Gasteiger partial charge in [-0.3, -0.25) is 9.36 Å². The van der Waals surface area contributed by atoms with Crippen molar-refractivity contribution in [2.45, 2.75) is 24.2 Å². The van der Waals surface area contributed by atoms with Gasteiger partial charge >= 0.3 is 0 Å². The van der Waals surface area contributed by atoms with Gasteiger partial charge in [-0.1, -0.05) is 18.6 Å². The highest BCUT2D eigenvalue weighted by Crippen LogP contribution is 2.24. The van der Waals surface area contributed by atoms with Crippen LogP contribution in [0.15, 0.2) is 72.0 Å². The first kappa shape index (κ1) is 22.2. The number of benzene rings is 2. The zero-order valence-electron chi connectivity index (χ0n) is 18.2. The summed E-state index contributed by atoms with van der Waals surface area (Å²) >= 11 is 0. The van der Waals surface area contributed by atoms with Crippen LogP contribution in [0, 0.1) is 5.82 Å². The van der Waals surface area contributed by atoms with Gasteiger partial charge < -0.3 is 5.32 Å². The van der Waals surface area contributed by atoms with Crippen LogP contribution >= 0.6 is 0 Å². The molecule has 34 heavy (non-hydrogen) atoms. The van der Waals surface area contributed by atoms with Crippen molar-refractivity contribution in [3.8, 4) is 5.82 Å². The predicted molar refractivity (Wildman–Crippen MR) is 126 cm³/mol. The number of rotatable bonds is 5. The maximum Gasteiger partial charge on any atom is 0.255 e. The zero-order valence-corrected chi connectivity index (χ0v) is 19.0. The average Bonchev–Trinajstić information content (AvgIpc) is 3.29. The molecule has 0 radical (unpaired) electrons. The van der Waals surface area contributed by atoms with Crippen LogP contribution in [0.3, 0.4) is 0 Å². The van der Waals surface area contributed by atoms with Crippen LogP contribution in [-0.2, 0) is 10.0 Å². The molecular formula is C24H22FN5O3S. The number of aromatic nitrogens is 3. The molecule has 1 aliphatic heterocycles. The second-order valence-electron chi connectivity index (χ2n) is 8.07. The molecule has 8 nitrogen and oxygen atoms in total. The predicted octanol–water partition coefficient (Wildman–Crippen LogP) is 3.99. The number of piperidine rings is 1. The van der Waals surface area contributed by atoms with Crippen molar-refractivity contribution in [1.82, 2.24) is 18.8 Å². The first-order chi connectivity index (χ1) is 16.4. The largest absolute Gasteiger partial charge is 0.321 e.